The van der Waals surface area contributed by atoms with Crippen molar-refractivity contribution >= 4 is 21.9 Å². The summed E-state index contributed by atoms with van der Waals surface area (Å²) >= 11 is 0. The quantitative estimate of drug-likeness (QED) is 0.634. The summed E-state index contributed by atoms with van der Waals surface area (Å²) in [7, 11) is -0.898. The number of methoxy groups -OCH3 is 2. The topological polar surface area (TPSA) is 93.2 Å². The normalized spacial score (nSPS) is 15.5. The lowest BCUT2D eigenvalue weighted by molar-refractivity contribution is -0.146. The third kappa shape index (κ3) is 4.47. The molecule has 0 saturated carbocycles. The summed E-state index contributed by atoms with van der Waals surface area (Å²) in [4.78, 5) is 26.4. The molecule has 0 atom stereocenters. The SMILES string of the molecule is CCN(CC)S(=O)(=O)c1ccc(OC)c(C(=O)N2CCC(C(=O)OC)CC2)c1. The molecule has 2 rings (SSSR count). The van der Waals surface area contributed by atoms with E-state index in [0.29, 0.717) is 44.8 Å². The first-order chi connectivity index (χ1) is 13.3. The molecule has 1 aromatic carbocycles. The van der Waals surface area contributed by atoms with Crippen molar-refractivity contribution in [2.24, 2.45) is 5.92 Å². The van der Waals surface area contributed by atoms with Gasteiger partial charge < -0.3 is 14.4 Å². The first-order valence-electron chi connectivity index (χ1n) is 9.35. The molecule has 1 aliphatic rings. The van der Waals surface area contributed by atoms with Gasteiger partial charge in [-0.2, -0.15) is 4.31 Å². The Morgan fingerprint density at radius 2 is 1.75 bits per heavy atom. The van der Waals surface area contributed by atoms with Crippen molar-refractivity contribution in [2.75, 3.05) is 40.4 Å². The van der Waals surface area contributed by atoms with Crippen LogP contribution in [0.1, 0.15) is 37.0 Å². The van der Waals surface area contributed by atoms with Crippen molar-refractivity contribution in [3.05, 3.63) is 23.8 Å². The number of sulfonamides is 1. The third-order valence-corrected chi connectivity index (χ3v) is 7.11. The van der Waals surface area contributed by atoms with E-state index in [-0.39, 0.29) is 28.3 Å². The molecule has 0 aliphatic carbocycles. The predicted molar refractivity (Wildman–Crippen MR) is 104 cm³/mol. The summed E-state index contributed by atoms with van der Waals surface area (Å²) in [6.45, 7) is 5.01. The summed E-state index contributed by atoms with van der Waals surface area (Å²) in [5.41, 5.74) is 0.201. The molecular formula is C19H28N2O6S. The highest BCUT2D eigenvalue weighted by Gasteiger charge is 2.31. The Morgan fingerprint density at radius 1 is 1.14 bits per heavy atom. The lowest BCUT2D eigenvalue weighted by atomic mass is 9.96. The van der Waals surface area contributed by atoms with Crippen LogP contribution in [0, 0.1) is 5.92 Å². The number of ether oxygens (including phenoxy) is 2. The van der Waals surface area contributed by atoms with Crippen molar-refractivity contribution in [3.63, 3.8) is 0 Å². The lowest BCUT2D eigenvalue weighted by Gasteiger charge is -2.31. The van der Waals surface area contributed by atoms with E-state index in [1.54, 1.807) is 18.7 Å². The first-order valence-corrected chi connectivity index (χ1v) is 10.8. The summed E-state index contributed by atoms with van der Waals surface area (Å²) in [6, 6.07) is 4.33. The maximum Gasteiger partial charge on any atom is 0.308 e. The maximum absolute atomic E-state index is 13.0. The molecule has 0 bridgehead atoms. The highest BCUT2D eigenvalue weighted by molar-refractivity contribution is 7.89. The minimum Gasteiger partial charge on any atom is -0.496 e. The molecule has 0 spiro atoms. The first kappa shape index (κ1) is 22.2. The minimum atomic E-state index is -3.69. The molecule has 0 aromatic heterocycles. The van der Waals surface area contributed by atoms with Gasteiger partial charge >= 0.3 is 5.97 Å². The highest BCUT2D eigenvalue weighted by Crippen LogP contribution is 2.28. The molecule has 1 heterocycles. The molecule has 1 saturated heterocycles. The van der Waals surface area contributed by atoms with E-state index in [1.807, 2.05) is 0 Å². The molecule has 1 fully saturated rings. The van der Waals surface area contributed by atoms with Gasteiger partial charge in [0.15, 0.2) is 0 Å². The zero-order valence-electron chi connectivity index (χ0n) is 16.8. The molecule has 0 N–H and O–H groups in total. The molecule has 28 heavy (non-hydrogen) atoms. The number of benzene rings is 1. The van der Waals surface area contributed by atoms with Crippen LogP contribution in [0.2, 0.25) is 0 Å². The van der Waals surface area contributed by atoms with Gasteiger partial charge in [0, 0.05) is 26.2 Å². The van der Waals surface area contributed by atoms with Crippen molar-refractivity contribution < 1.29 is 27.5 Å². The number of nitrogens with zero attached hydrogens (tertiary/aromatic N) is 2. The van der Waals surface area contributed by atoms with Crippen LogP contribution in [-0.2, 0) is 19.6 Å². The molecule has 1 aromatic rings. The number of piperidine rings is 1. The number of amides is 1. The fourth-order valence-corrected chi connectivity index (χ4v) is 4.87. The van der Waals surface area contributed by atoms with E-state index >= 15 is 0 Å². The molecule has 1 aliphatic heterocycles. The van der Waals surface area contributed by atoms with E-state index < -0.39 is 10.0 Å². The Kier molecular flexibility index (Phi) is 7.42. The van der Waals surface area contributed by atoms with E-state index in [2.05, 4.69) is 0 Å². The van der Waals surface area contributed by atoms with Crippen molar-refractivity contribution in [1.82, 2.24) is 9.21 Å². The van der Waals surface area contributed by atoms with E-state index in [1.165, 1.54) is 36.7 Å². The second-order valence-electron chi connectivity index (χ2n) is 6.54. The van der Waals surface area contributed by atoms with Gasteiger partial charge in [0.2, 0.25) is 10.0 Å². The Balaban J connectivity index is 2.29. The number of carbonyl (C=O) groups is 2. The zero-order chi connectivity index (χ0) is 20.9. The largest absolute Gasteiger partial charge is 0.496 e. The second-order valence-corrected chi connectivity index (χ2v) is 8.48. The molecule has 1 amide bonds. The number of rotatable bonds is 7. The number of hydrogen-bond donors (Lipinski definition) is 0. The molecule has 9 heteroatoms. The van der Waals surface area contributed by atoms with E-state index in [0.717, 1.165) is 0 Å². The van der Waals surface area contributed by atoms with Crippen LogP contribution >= 0.6 is 0 Å². The van der Waals surface area contributed by atoms with Crippen molar-refractivity contribution in [2.45, 2.75) is 31.6 Å². The van der Waals surface area contributed by atoms with Gasteiger partial charge in [-0.25, -0.2) is 8.42 Å². The van der Waals surface area contributed by atoms with Crippen LogP contribution in [0.15, 0.2) is 23.1 Å². The summed E-state index contributed by atoms with van der Waals surface area (Å²) < 4.78 is 37.0. The van der Waals surface area contributed by atoms with Crippen molar-refractivity contribution in [1.29, 1.82) is 0 Å². The average molecular weight is 413 g/mol. The Morgan fingerprint density at radius 3 is 2.25 bits per heavy atom. The third-order valence-electron chi connectivity index (χ3n) is 5.06. The van der Waals surface area contributed by atoms with Gasteiger partial charge in [-0.05, 0) is 31.0 Å². The zero-order valence-corrected chi connectivity index (χ0v) is 17.6. The Hall–Kier alpha value is -2.13. The smallest absolute Gasteiger partial charge is 0.308 e. The summed E-state index contributed by atoms with van der Waals surface area (Å²) in [6.07, 6.45) is 1.02. The van der Waals surface area contributed by atoms with Gasteiger partial charge in [0.1, 0.15) is 5.75 Å². The standard InChI is InChI=1S/C19H28N2O6S/c1-5-21(6-2)28(24,25)15-7-8-17(26-3)16(13-15)18(22)20-11-9-14(10-12-20)19(23)27-4/h7-8,13-14H,5-6,9-12H2,1-4H3. The predicted octanol–water partition coefficient (Wildman–Crippen LogP) is 1.75. The fraction of sp³-hybridized carbons (Fsp3) is 0.579. The average Bonchev–Trinajstić information content (AvgIpc) is 2.72. The lowest BCUT2D eigenvalue weighted by Crippen LogP contribution is -2.40. The Labute approximate surface area is 166 Å². The van der Waals surface area contributed by atoms with Crippen LogP contribution in [0.5, 0.6) is 5.75 Å². The van der Waals surface area contributed by atoms with Crippen LogP contribution in [-0.4, -0.2) is 69.9 Å². The molecule has 0 unspecified atom stereocenters. The van der Waals surface area contributed by atoms with Gasteiger partial charge in [0.05, 0.1) is 30.6 Å². The van der Waals surface area contributed by atoms with E-state index in [4.69, 9.17) is 9.47 Å². The fourth-order valence-electron chi connectivity index (χ4n) is 3.38. The van der Waals surface area contributed by atoms with Crippen molar-refractivity contribution in [3.8, 4) is 5.75 Å². The number of hydrogen-bond acceptors (Lipinski definition) is 6. The maximum atomic E-state index is 13.0. The van der Waals surface area contributed by atoms with Gasteiger partial charge in [-0.1, -0.05) is 13.8 Å². The number of esters is 1. The van der Waals surface area contributed by atoms with Crippen LogP contribution in [0.4, 0.5) is 0 Å². The molecular weight excluding hydrogens is 384 g/mol. The van der Waals surface area contributed by atoms with Gasteiger partial charge in [-0.3, -0.25) is 9.59 Å². The molecule has 8 nitrogen and oxygen atoms in total. The van der Waals surface area contributed by atoms with Crippen LogP contribution in [0.3, 0.4) is 0 Å². The number of likely N-dealkylation sites (tertiary alicyclic amines) is 1. The monoisotopic (exact) mass is 412 g/mol. The molecule has 156 valence electrons. The summed E-state index contributed by atoms with van der Waals surface area (Å²) in [5.74, 6) is -0.474. The molecule has 0 radical (unpaired) electrons. The van der Waals surface area contributed by atoms with Crippen LogP contribution in [0.25, 0.3) is 0 Å². The second kappa shape index (κ2) is 9.38. The van der Waals surface area contributed by atoms with Gasteiger partial charge in [-0.15, -0.1) is 0 Å². The van der Waals surface area contributed by atoms with Gasteiger partial charge in [0.25, 0.3) is 5.91 Å². The Bertz CT molecular complexity index is 812. The highest BCUT2D eigenvalue weighted by atomic mass is 32.2. The number of carbonyl (C=O) groups excluding carboxylic acids is 2. The summed E-state index contributed by atoms with van der Waals surface area (Å²) in [5, 5.41) is 0. The minimum absolute atomic E-state index is 0.0600. The van der Waals surface area contributed by atoms with E-state index in [9.17, 15) is 18.0 Å². The van der Waals surface area contributed by atoms with Crippen LogP contribution < -0.4 is 4.74 Å².